The van der Waals surface area contributed by atoms with Crippen molar-refractivity contribution in [2.75, 3.05) is 18.8 Å². The summed E-state index contributed by atoms with van der Waals surface area (Å²) in [5.74, 6) is 0.606. The molecular weight excluding hydrogens is 352 g/mol. The maximum atomic E-state index is 12.6. The molecule has 2 atom stereocenters. The molecule has 1 aromatic carbocycles. The number of benzene rings is 1. The average Bonchev–Trinajstić information content (AvgIpc) is 2.61. The van der Waals surface area contributed by atoms with Gasteiger partial charge in [0.05, 0.1) is 12.3 Å². The Kier molecular flexibility index (Phi) is 7.46. The molecule has 1 amide bonds. The first-order valence-corrected chi connectivity index (χ1v) is 10.9. The summed E-state index contributed by atoms with van der Waals surface area (Å²) in [6.45, 7) is 6.49. The number of nitrogens with one attached hydrogen (secondary N) is 1. The summed E-state index contributed by atoms with van der Waals surface area (Å²) in [6, 6.07) is 7.13. The fourth-order valence-corrected chi connectivity index (χ4v) is 4.87. The first-order chi connectivity index (χ1) is 12.3. The maximum Gasteiger partial charge on any atom is 0.238 e. The van der Waals surface area contributed by atoms with Crippen LogP contribution < -0.4 is 10.1 Å². The van der Waals surface area contributed by atoms with Gasteiger partial charge in [-0.15, -0.1) is 0 Å². The fourth-order valence-electron chi connectivity index (χ4n) is 3.13. The third-order valence-electron chi connectivity index (χ3n) is 4.50. The second-order valence-corrected chi connectivity index (χ2v) is 8.97. The third-order valence-corrected chi connectivity index (χ3v) is 6.57. The zero-order valence-electron chi connectivity index (χ0n) is 15.9. The van der Waals surface area contributed by atoms with Crippen molar-refractivity contribution >= 4 is 15.9 Å². The summed E-state index contributed by atoms with van der Waals surface area (Å²) in [6.07, 6.45) is 2.59. The van der Waals surface area contributed by atoms with Crippen LogP contribution in [0.2, 0.25) is 0 Å². The second-order valence-electron chi connectivity index (χ2n) is 6.92. The first-order valence-electron chi connectivity index (χ1n) is 9.34. The van der Waals surface area contributed by atoms with Crippen LogP contribution >= 0.6 is 0 Å². The molecule has 1 aromatic rings. The van der Waals surface area contributed by atoms with Crippen molar-refractivity contribution in [1.29, 1.82) is 0 Å². The molecule has 7 heteroatoms. The summed E-state index contributed by atoms with van der Waals surface area (Å²) in [4.78, 5) is 12.6. The monoisotopic (exact) mass is 382 g/mol. The molecule has 0 aromatic heterocycles. The maximum absolute atomic E-state index is 12.6. The van der Waals surface area contributed by atoms with E-state index in [0.717, 1.165) is 24.2 Å². The molecule has 0 saturated carbocycles. The SMILES string of the molecule is CCCS(=O)(=O)N1CCCCC1C(=O)NCC(C)Oc1ccc(C)cc1. The van der Waals surface area contributed by atoms with Crippen LogP contribution in [0.25, 0.3) is 0 Å². The second kappa shape index (κ2) is 9.37. The Bertz CT molecular complexity index is 688. The topological polar surface area (TPSA) is 75.7 Å². The number of nitrogens with zero attached hydrogens (tertiary/aromatic N) is 1. The van der Waals surface area contributed by atoms with Crippen molar-refractivity contribution in [3.05, 3.63) is 29.8 Å². The largest absolute Gasteiger partial charge is 0.489 e. The quantitative estimate of drug-likeness (QED) is 0.749. The van der Waals surface area contributed by atoms with Crippen LogP contribution in [0.5, 0.6) is 5.75 Å². The number of piperidine rings is 1. The Balaban J connectivity index is 1.91. The molecule has 2 rings (SSSR count). The summed E-state index contributed by atoms with van der Waals surface area (Å²) in [7, 11) is -3.38. The van der Waals surface area contributed by atoms with E-state index in [0.29, 0.717) is 25.9 Å². The summed E-state index contributed by atoms with van der Waals surface area (Å²) in [5, 5.41) is 2.86. The number of hydrogen-bond donors (Lipinski definition) is 1. The molecule has 1 saturated heterocycles. The van der Waals surface area contributed by atoms with Crippen LogP contribution in [-0.2, 0) is 14.8 Å². The lowest BCUT2D eigenvalue weighted by Crippen LogP contribution is -2.53. The lowest BCUT2D eigenvalue weighted by Gasteiger charge is -2.33. The summed E-state index contributed by atoms with van der Waals surface area (Å²) >= 11 is 0. The number of carbonyl (C=O) groups is 1. The Morgan fingerprint density at radius 2 is 2.00 bits per heavy atom. The first kappa shape index (κ1) is 20.7. The molecule has 0 spiro atoms. The van der Waals surface area contributed by atoms with E-state index in [1.165, 1.54) is 4.31 Å². The minimum atomic E-state index is -3.38. The number of ether oxygens (including phenoxy) is 1. The Hall–Kier alpha value is -1.60. The highest BCUT2D eigenvalue weighted by molar-refractivity contribution is 7.89. The standard InChI is InChI=1S/C19H30N2O4S/c1-4-13-26(23,24)21-12-6-5-7-18(21)19(22)20-14-16(3)25-17-10-8-15(2)9-11-17/h8-11,16,18H,4-7,12-14H2,1-3H3,(H,20,22). The predicted molar refractivity (Wildman–Crippen MR) is 103 cm³/mol. The summed E-state index contributed by atoms with van der Waals surface area (Å²) < 4.78 is 32.0. The molecule has 6 nitrogen and oxygen atoms in total. The zero-order chi connectivity index (χ0) is 19.2. The summed E-state index contributed by atoms with van der Waals surface area (Å²) in [5.41, 5.74) is 1.16. The minimum absolute atomic E-state index is 0.0870. The van der Waals surface area contributed by atoms with E-state index in [9.17, 15) is 13.2 Å². The van der Waals surface area contributed by atoms with Crippen LogP contribution in [0, 0.1) is 6.92 Å². The van der Waals surface area contributed by atoms with Gasteiger partial charge in [-0.2, -0.15) is 4.31 Å². The molecule has 1 aliphatic heterocycles. The van der Waals surface area contributed by atoms with Gasteiger partial charge in [-0.05, 0) is 45.2 Å². The highest BCUT2D eigenvalue weighted by Crippen LogP contribution is 2.21. The lowest BCUT2D eigenvalue weighted by molar-refractivity contribution is -0.126. The van der Waals surface area contributed by atoms with Crippen LogP contribution in [-0.4, -0.2) is 49.6 Å². The zero-order valence-corrected chi connectivity index (χ0v) is 16.7. The number of sulfonamides is 1. The van der Waals surface area contributed by atoms with Gasteiger partial charge in [0, 0.05) is 6.54 Å². The fraction of sp³-hybridized carbons (Fsp3) is 0.632. The van der Waals surface area contributed by atoms with Crippen molar-refractivity contribution in [2.24, 2.45) is 0 Å². The van der Waals surface area contributed by atoms with Gasteiger partial charge in [0.15, 0.2) is 0 Å². The molecule has 1 N–H and O–H groups in total. The molecule has 0 radical (unpaired) electrons. The molecule has 1 fully saturated rings. The van der Waals surface area contributed by atoms with Gasteiger partial charge >= 0.3 is 0 Å². The molecular formula is C19H30N2O4S. The normalized spacial score (nSPS) is 19.7. The highest BCUT2D eigenvalue weighted by Gasteiger charge is 2.36. The van der Waals surface area contributed by atoms with Crippen molar-refractivity contribution in [1.82, 2.24) is 9.62 Å². The molecule has 146 valence electrons. The van der Waals surface area contributed by atoms with Crippen molar-refractivity contribution in [3.8, 4) is 5.75 Å². The number of hydrogen-bond acceptors (Lipinski definition) is 4. The predicted octanol–water partition coefficient (Wildman–Crippen LogP) is 2.47. The molecule has 0 bridgehead atoms. The number of aryl methyl sites for hydroxylation is 1. The van der Waals surface area contributed by atoms with Crippen molar-refractivity contribution in [2.45, 2.75) is 58.6 Å². The molecule has 26 heavy (non-hydrogen) atoms. The molecule has 2 unspecified atom stereocenters. The molecule has 1 aliphatic rings. The van der Waals surface area contributed by atoms with Gasteiger partial charge < -0.3 is 10.1 Å². The van der Waals surface area contributed by atoms with Gasteiger partial charge in [-0.1, -0.05) is 31.0 Å². The van der Waals surface area contributed by atoms with Crippen LogP contribution in [0.1, 0.15) is 45.1 Å². The van der Waals surface area contributed by atoms with Gasteiger partial charge in [0.1, 0.15) is 17.9 Å². The smallest absolute Gasteiger partial charge is 0.238 e. The van der Waals surface area contributed by atoms with Crippen LogP contribution in [0.4, 0.5) is 0 Å². The number of amides is 1. The molecule has 1 heterocycles. The van der Waals surface area contributed by atoms with Gasteiger partial charge in [-0.25, -0.2) is 8.42 Å². The minimum Gasteiger partial charge on any atom is -0.489 e. The van der Waals surface area contributed by atoms with Crippen LogP contribution in [0.3, 0.4) is 0 Å². The van der Waals surface area contributed by atoms with Gasteiger partial charge in [0.2, 0.25) is 15.9 Å². The Morgan fingerprint density at radius 1 is 1.31 bits per heavy atom. The van der Waals surface area contributed by atoms with Crippen molar-refractivity contribution in [3.63, 3.8) is 0 Å². The highest BCUT2D eigenvalue weighted by atomic mass is 32.2. The Labute approximate surface area is 157 Å². The van der Waals surface area contributed by atoms with Crippen molar-refractivity contribution < 1.29 is 17.9 Å². The van der Waals surface area contributed by atoms with E-state index in [-0.39, 0.29) is 17.8 Å². The third kappa shape index (κ3) is 5.71. The number of rotatable bonds is 8. The van der Waals surface area contributed by atoms with E-state index >= 15 is 0 Å². The average molecular weight is 383 g/mol. The van der Waals surface area contributed by atoms with E-state index < -0.39 is 16.1 Å². The number of carbonyl (C=O) groups excluding carboxylic acids is 1. The van der Waals surface area contributed by atoms with E-state index in [1.807, 2.05) is 45.0 Å². The molecule has 0 aliphatic carbocycles. The van der Waals surface area contributed by atoms with E-state index in [2.05, 4.69) is 5.32 Å². The van der Waals surface area contributed by atoms with E-state index in [1.54, 1.807) is 0 Å². The lowest BCUT2D eigenvalue weighted by atomic mass is 10.0. The van der Waals surface area contributed by atoms with E-state index in [4.69, 9.17) is 4.74 Å². The Morgan fingerprint density at radius 3 is 2.65 bits per heavy atom. The van der Waals surface area contributed by atoms with Gasteiger partial charge in [0.25, 0.3) is 0 Å². The van der Waals surface area contributed by atoms with Crippen LogP contribution in [0.15, 0.2) is 24.3 Å². The van der Waals surface area contributed by atoms with Gasteiger partial charge in [-0.3, -0.25) is 4.79 Å².